The van der Waals surface area contributed by atoms with Gasteiger partial charge in [0.2, 0.25) is 0 Å². The Morgan fingerprint density at radius 3 is 1.80 bits per heavy atom. The summed E-state index contributed by atoms with van der Waals surface area (Å²) in [6, 6.07) is 38.8. The molecule has 0 fully saturated rings. The van der Waals surface area contributed by atoms with Crippen LogP contribution in [0.2, 0.25) is 0 Å². The summed E-state index contributed by atoms with van der Waals surface area (Å²) in [5, 5.41) is 0. The Hall–Kier alpha value is -3.39. The zero-order valence-corrected chi connectivity index (χ0v) is 17.9. The molecule has 3 heteroatoms. The van der Waals surface area contributed by atoms with E-state index in [9.17, 15) is 4.79 Å². The van der Waals surface area contributed by atoms with Crippen molar-refractivity contribution in [3.8, 4) is 0 Å². The van der Waals surface area contributed by atoms with Gasteiger partial charge in [0, 0.05) is 0 Å². The Kier molecular flexibility index (Phi) is 5.06. The van der Waals surface area contributed by atoms with E-state index in [1.165, 1.54) is 8.93 Å². The molecule has 0 bridgehead atoms. The summed E-state index contributed by atoms with van der Waals surface area (Å²) >= 11 is 0.0305. The molecule has 1 aliphatic rings. The van der Waals surface area contributed by atoms with Crippen LogP contribution in [0.1, 0.15) is 21.5 Å². The number of para-hydroxylation sites is 1. The van der Waals surface area contributed by atoms with Gasteiger partial charge < -0.3 is 0 Å². The summed E-state index contributed by atoms with van der Waals surface area (Å²) in [7, 11) is 0. The molecule has 0 radical (unpaired) electrons. The van der Waals surface area contributed by atoms with Crippen LogP contribution in [-0.2, 0) is 0 Å². The van der Waals surface area contributed by atoms with Gasteiger partial charge in [-0.15, -0.1) is 0 Å². The van der Waals surface area contributed by atoms with Gasteiger partial charge in [0.05, 0.1) is 0 Å². The van der Waals surface area contributed by atoms with Gasteiger partial charge in [-0.3, -0.25) is 0 Å². The van der Waals surface area contributed by atoms with Gasteiger partial charge in [0.15, 0.2) is 0 Å². The van der Waals surface area contributed by atoms with Crippen molar-refractivity contribution in [1.29, 1.82) is 0 Å². The van der Waals surface area contributed by atoms with E-state index in [4.69, 9.17) is 0 Å². The number of hydrogen-bond donors (Lipinski definition) is 0. The molecule has 4 aromatic rings. The fraction of sp³-hybridized carbons (Fsp3) is 0. The van der Waals surface area contributed by atoms with E-state index < -0.39 is 0 Å². The van der Waals surface area contributed by atoms with Crippen LogP contribution in [-0.4, -0.2) is 20.9 Å². The van der Waals surface area contributed by atoms with Gasteiger partial charge in [0.25, 0.3) is 0 Å². The normalized spacial score (nSPS) is 14.5. The first-order valence-electron chi connectivity index (χ1n) is 9.84. The van der Waals surface area contributed by atoms with Crippen LogP contribution < -0.4 is 9.36 Å². The summed E-state index contributed by atoms with van der Waals surface area (Å²) in [4.78, 5) is 15.4. The molecular weight excluding hydrogens is 433 g/mol. The third-order valence-corrected chi connectivity index (χ3v) is 7.46. The molecule has 1 heterocycles. The number of hydrogen-bond acceptors (Lipinski definition) is 1. The van der Waals surface area contributed by atoms with Crippen LogP contribution in [0.3, 0.4) is 0 Å². The molecule has 30 heavy (non-hydrogen) atoms. The van der Waals surface area contributed by atoms with Crippen molar-refractivity contribution >= 4 is 41.2 Å². The molecule has 4 aromatic carbocycles. The second-order valence-electron chi connectivity index (χ2n) is 6.98. The number of carbonyl (C=O) groups excluding carboxylic acids is 1. The number of nitrogens with zero attached hydrogens (tertiary/aromatic N) is 1. The zero-order chi connectivity index (χ0) is 20.3. The minimum atomic E-state index is 0.0305. The number of rotatable bonds is 4. The maximum atomic E-state index is 13.5. The first kappa shape index (κ1) is 18.6. The van der Waals surface area contributed by atoms with Crippen molar-refractivity contribution in [2.75, 3.05) is 4.90 Å². The van der Waals surface area contributed by atoms with Gasteiger partial charge in [-0.2, -0.15) is 0 Å². The third-order valence-electron chi connectivity index (χ3n) is 5.07. The molecule has 1 aliphatic heterocycles. The molecule has 144 valence electrons. The quantitative estimate of drug-likeness (QED) is 0.390. The topological polar surface area (TPSA) is 20.3 Å². The fourth-order valence-corrected chi connectivity index (χ4v) is 5.97. The Morgan fingerprint density at radius 1 is 0.600 bits per heavy atom. The Balaban J connectivity index is 1.79. The van der Waals surface area contributed by atoms with E-state index in [1.807, 2.05) is 65.6 Å². The number of anilines is 1. The second kappa shape index (κ2) is 8.16. The van der Waals surface area contributed by atoms with Crippen LogP contribution in [0.15, 0.2) is 115 Å². The van der Waals surface area contributed by atoms with Gasteiger partial charge in [0.1, 0.15) is 0 Å². The minimum absolute atomic E-state index is 0.0305. The molecule has 2 nitrogen and oxygen atoms in total. The van der Waals surface area contributed by atoms with Gasteiger partial charge in [-0.05, 0) is 0 Å². The van der Waals surface area contributed by atoms with Crippen LogP contribution in [0.5, 0.6) is 0 Å². The predicted molar refractivity (Wildman–Crippen MR) is 125 cm³/mol. The zero-order valence-electron chi connectivity index (χ0n) is 16.2. The van der Waals surface area contributed by atoms with Gasteiger partial charge in [-0.25, -0.2) is 0 Å². The van der Waals surface area contributed by atoms with Crippen molar-refractivity contribution in [3.63, 3.8) is 0 Å². The van der Waals surface area contributed by atoms with E-state index in [2.05, 4.69) is 54.6 Å². The summed E-state index contributed by atoms with van der Waals surface area (Å²) < 4.78 is 2.48. The van der Waals surface area contributed by atoms with E-state index in [-0.39, 0.29) is 20.9 Å². The molecule has 0 atom stereocenters. The van der Waals surface area contributed by atoms with E-state index in [0.717, 1.165) is 28.1 Å². The molecule has 0 spiro atoms. The van der Waals surface area contributed by atoms with E-state index in [1.54, 1.807) is 0 Å². The molecule has 0 saturated carbocycles. The molecule has 5 rings (SSSR count). The fourth-order valence-electron chi connectivity index (χ4n) is 3.71. The standard InChI is InChI=1S/C27H19NOSe/c29-27-24-19-11-10-18-23(24)25(28(27)21-14-6-2-7-15-21)26(20-12-4-1-5-13-20)30-22-16-8-3-9-17-22/h1-19H/b26-25+. The van der Waals surface area contributed by atoms with Crippen molar-refractivity contribution < 1.29 is 4.79 Å². The van der Waals surface area contributed by atoms with Crippen LogP contribution in [0.4, 0.5) is 5.69 Å². The van der Waals surface area contributed by atoms with E-state index in [0.29, 0.717) is 0 Å². The first-order valence-corrected chi connectivity index (χ1v) is 11.6. The monoisotopic (exact) mass is 453 g/mol. The molecular formula is C27H19NOSe. The van der Waals surface area contributed by atoms with Crippen molar-refractivity contribution in [2.24, 2.45) is 0 Å². The van der Waals surface area contributed by atoms with Crippen molar-refractivity contribution in [1.82, 2.24) is 0 Å². The summed E-state index contributed by atoms with van der Waals surface area (Å²) in [6.07, 6.45) is 0. The molecule has 0 aromatic heterocycles. The van der Waals surface area contributed by atoms with Crippen LogP contribution in [0, 0.1) is 0 Å². The second-order valence-corrected chi connectivity index (χ2v) is 9.25. The molecule has 0 unspecified atom stereocenters. The molecule has 0 saturated heterocycles. The Morgan fingerprint density at radius 2 is 1.13 bits per heavy atom. The van der Waals surface area contributed by atoms with Crippen molar-refractivity contribution in [3.05, 3.63) is 132 Å². The van der Waals surface area contributed by atoms with Gasteiger partial charge >= 0.3 is 183 Å². The van der Waals surface area contributed by atoms with E-state index >= 15 is 0 Å². The molecule has 1 amide bonds. The van der Waals surface area contributed by atoms with Gasteiger partial charge in [-0.1, -0.05) is 0 Å². The van der Waals surface area contributed by atoms with Crippen LogP contribution in [0.25, 0.3) is 10.2 Å². The number of benzene rings is 4. The average Bonchev–Trinajstić information content (AvgIpc) is 3.12. The van der Waals surface area contributed by atoms with Crippen LogP contribution >= 0.6 is 0 Å². The Bertz CT molecular complexity index is 1220. The third kappa shape index (κ3) is 3.39. The maximum absolute atomic E-state index is 13.5. The predicted octanol–water partition coefficient (Wildman–Crippen LogP) is 5.20. The molecule has 0 N–H and O–H groups in total. The SMILES string of the molecule is O=C1c2ccccc2/C(=C(\[Se]c2ccccc2)c2ccccc2)N1c1ccccc1. The summed E-state index contributed by atoms with van der Waals surface area (Å²) in [5.41, 5.74) is 4.81. The Labute approximate surface area is 182 Å². The number of carbonyl (C=O) groups is 1. The summed E-state index contributed by atoms with van der Waals surface area (Å²) in [5.74, 6) is 0.0316. The number of fused-ring (bicyclic) bond motifs is 1. The average molecular weight is 452 g/mol. The molecule has 0 aliphatic carbocycles. The summed E-state index contributed by atoms with van der Waals surface area (Å²) in [6.45, 7) is 0. The first-order chi connectivity index (χ1) is 14.8. The van der Waals surface area contributed by atoms with Crippen molar-refractivity contribution in [2.45, 2.75) is 0 Å². The number of amides is 1.